The molecule has 6 heteroatoms. The summed E-state index contributed by atoms with van der Waals surface area (Å²) in [6.07, 6.45) is 5.51. The van der Waals surface area contributed by atoms with Crippen LogP contribution in [0.25, 0.3) is 0 Å². The Morgan fingerprint density at radius 1 is 1.29 bits per heavy atom. The number of para-hydroxylation sites is 1. The van der Waals surface area contributed by atoms with Crippen LogP contribution in [-0.4, -0.2) is 35.0 Å². The van der Waals surface area contributed by atoms with Crippen LogP contribution < -0.4 is 10.2 Å². The largest absolute Gasteiger partial charge is 0.504 e. The molecule has 1 amide bonds. The van der Waals surface area contributed by atoms with Gasteiger partial charge in [0.05, 0.1) is 13.3 Å². The van der Waals surface area contributed by atoms with Crippen LogP contribution in [0.3, 0.4) is 0 Å². The predicted octanol–water partition coefficient (Wildman–Crippen LogP) is 2.96. The number of unbranched alkanes of at least 4 members (excludes halogenated alkanes) is 2. The number of hydrazone groups is 1. The predicted molar refractivity (Wildman–Crippen MR) is 94.4 cm³/mol. The van der Waals surface area contributed by atoms with E-state index in [1.807, 2.05) is 13.8 Å². The summed E-state index contributed by atoms with van der Waals surface area (Å²) in [7, 11) is 1.46. The molecule has 0 aliphatic heterocycles. The van der Waals surface area contributed by atoms with E-state index < -0.39 is 11.5 Å². The number of benzene rings is 1. The van der Waals surface area contributed by atoms with E-state index in [0.717, 1.165) is 25.7 Å². The highest BCUT2D eigenvalue weighted by molar-refractivity contribution is 5.88. The average Bonchev–Trinajstić information content (AvgIpc) is 2.59. The molecule has 1 aromatic rings. The van der Waals surface area contributed by atoms with E-state index in [2.05, 4.69) is 10.5 Å². The maximum atomic E-state index is 12.3. The van der Waals surface area contributed by atoms with Crippen molar-refractivity contribution in [1.82, 2.24) is 5.43 Å². The molecule has 6 nitrogen and oxygen atoms in total. The molecule has 24 heavy (non-hydrogen) atoms. The summed E-state index contributed by atoms with van der Waals surface area (Å²) in [4.78, 5) is 12.3. The molecule has 0 unspecified atom stereocenters. The van der Waals surface area contributed by atoms with Gasteiger partial charge in [0.1, 0.15) is 5.60 Å². The van der Waals surface area contributed by atoms with Crippen molar-refractivity contribution in [3.63, 3.8) is 0 Å². The average molecular weight is 336 g/mol. The van der Waals surface area contributed by atoms with E-state index in [0.29, 0.717) is 24.2 Å². The Bertz CT molecular complexity index is 550. The van der Waals surface area contributed by atoms with E-state index in [1.54, 1.807) is 18.2 Å². The van der Waals surface area contributed by atoms with Crippen molar-refractivity contribution < 1.29 is 19.7 Å². The van der Waals surface area contributed by atoms with Gasteiger partial charge in [-0.05, 0) is 25.0 Å². The maximum Gasteiger partial charge on any atom is 0.271 e. The minimum Gasteiger partial charge on any atom is -0.504 e. The lowest BCUT2D eigenvalue weighted by atomic mass is 9.90. The smallest absolute Gasteiger partial charge is 0.271 e. The first-order valence-electron chi connectivity index (χ1n) is 8.40. The number of phenolic OH excluding ortho intramolecular Hbond substituents is 1. The second-order valence-corrected chi connectivity index (χ2v) is 5.84. The highest BCUT2D eigenvalue weighted by Crippen LogP contribution is 2.28. The summed E-state index contributed by atoms with van der Waals surface area (Å²) >= 11 is 0. The lowest BCUT2D eigenvalue weighted by Gasteiger charge is -2.25. The van der Waals surface area contributed by atoms with Crippen LogP contribution in [0, 0.1) is 0 Å². The number of aromatic hydroxyl groups is 1. The van der Waals surface area contributed by atoms with Crippen LogP contribution in [0.1, 0.15) is 57.9 Å². The summed E-state index contributed by atoms with van der Waals surface area (Å²) in [5, 5.41) is 24.4. The van der Waals surface area contributed by atoms with Crippen LogP contribution >= 0.6 is 0 Å². The highest BCUT2D eigenvalue weighted by atomic mass is 16.5. The lowest BCUT2D eigenvalue weighted by Crippen LogP contribution is -2.45. The van der Waals surface area contributed by atoms with Gasteiger partial charge in [0.15, 0.2) is 11.5 Å². The van der Waals surface area contributed by atoms with Crippen LogP contribution in [0.5, 0.6) is 11.5 Å². The van der Waals surface area contributed by atoms with Crippen molar-refractivity contribution >= 4 is 12.1 Å². The summed E-state index contributed by atoms with van der Waals surface area (Å²) in [5.74, 6) is -0.235. The third-order valence-corrected chi connectivity index (χ3v) is 3.93. The number of aliphatic hydroxyl groups is 1. The molecule has 0 saturated carbocycles. The van der Waals surface area contributed by atoms with Crippen molar-refractivity contribution in [3.05, 3.63) is 23.8 Å². The minimum absolute atomic E-state index is 0.0507. The van der Waals surface area contributed by atoms with Crippen molar-refractivity contribution in [3.8, 4) is 11.5 Å². The first-order chi connectivity index (χ1) is 11.5. The lowest BCUT2D eigenvalue weighted by molar-refractivity contribution is -0.141. The van der Waals surface area contributed by atoms with E-state index in [-0.39, 0.29) is 5.75 Å². The van der Waals surface area contributed by atoms with Crippen LogP contribution in [-0.2, 0) is 4.79 Å². The Morgan fingerprint density at radius 2 is 1.92 bits per heavy atom. The fourth-order valence-electron chi connectivity index (χ4n) is 2.36. The van der Waals surface area contributed by atoms with Crippen molar-refractivity contribution in [2.24, 2.45) is 5.10 Å². The Balaban J connectivity index is 2.77. The Hall–Kier alpha value is -2.08. The number of nitrogens with one attached hydrogen (secondary N) is 1. The standard InChI is InChI=1S/C18H28N2O4/c1-4-6-11-18(23,12-7-5-2)17(22)20-19-13-14-9-8-10-15(24-3)16(14)21/h8-10,13,21,23H,4-7,11-12H2,1-3H3,(H,20,22)/b19-13-. The first-order valence-corrected chi connectivity index (χ1v) is 8.40. The number of ether oxygens (including phenoxy) is 1. The monoisotopic (exact) mass is 336 g/mol. The number of phenols is 1. The molecule has 3 N–H and O–H groups in total. The molecular weight excluding hydrogens is 308 g/mol. The molecule has 0 radical (unpaired) electrons. The number of carbonyl (C=O) groups excluding carboxylic acids is 1. The van der Waals surface area contributed by atoms with Crippen molar-refractivity contribution in [2.75, 3.05) is 7.11 Å². The molecule has 0 saturated heterocycles. The topological polar surface area (TPSA) is 91.2 Å². The third-order valence-electron chi connectivity index (χ3n) is 3.93. The molecule has 0 aliphatic rings. The zero-order valence-electron chi connectivity index (χ0n) is 14.7. The van der Waals surface area contributed by atoms with Gasteiger partial charge in [-0.2, -0.15) is 5.10 Å². The Kier molecular flexibility index (Phi) is 8.26. The second-order valence-electron chi connectivity index (χ2n) is 5.84. The molecule has 134 valence electrons. The minimum atomic E-state index is -1.40. The normalized spacial score (nSPS) is 11.7. The number of carbonyl (C=O) groups is 1. The van der Waals surface area contributed by atoms with Crippen LogP contribution in [0.2, 0.25) is 0 Å². The van der Waals surface area contributed by atoms with Crippen molar-refractivity contribution in [1.29, 1.82) is 0 Å². The molecule has 0 fully saturated rings. The fraction of sp³-hybridized carbons (Fsp3) is 0.556. The van der Waals surface area contributed by atoms with Gasteiger partial charge < -0.3 is 14.9 Å². The quantitative estimate of drug-likeness (QED) is 0.452. The van der Waals surface area contributed by atoms with Gasteiger partial charge in [-0.1, -0.05) is 45.6 Å². The molecule has 1 rings (SSSR count). The van der Waals surface area contributed by atoms with Gasteiger partial charge in [-0.3, -0.25) is 4.79 Å². The summed E-state index contributed by atoms with van der Waals surface area (Å²) in [6.45, 7) is 4.03. The molecule has 0 bridgehead atoms. The van der Waals surface area contributed by atoms with E-state index >= 15 is 0 Å². The molecule has 0 aliphatic carbocycles. The van der Waals surface area contributed by atoms with Gasteiger partial charge in [-0.25, -0.2) is 5.43 Å². The molecule has 0 spiro atoms. The number of amides is 1. The SMILES string of the molecule is CCCCC(O)(CCCC)C(=O)N/N=C\c1cccc(OC)c1O. The van der Waals surface area contributed by atoms with Gasteiger partial charge in [-0.15, -0.1) is 0 Å². The summed E-state index contributed by atoms with van der Waals surface area (Å²) in [5.41, 5.74) is 1.40. The Labute approximate surface area is 143 Å². The fourth-order valence-corrected chi connectivity index (χ4v) is 2.36. The highest BCUT2D eigenvalue weighted by Gasteiger charge is 2.34. The third kappa shape index (κ3) is 5.53. The first kappa shape index (κ1) is 20.0. The van der Waals surface area contributed by atoms with Gasteiger partial charge in [0.25, 0.3) is 5.91 Å². The molecule has 0 aromatic heterocycles. The molecule has 0 atom stereocenters. The van der Waals surface area contributed by atoms with Gasteiger partial charge in [0, 0.05) is 5.56 Å². The van der Waals surface area contributed by atoms with Crippen LogP contribution in [0.15, 0.2) is 23.3 Å². The van der Waals surface area contributed by atoms with Crippen molar-refractivity contribution in [2.45, 2.75) is 58.0 Å². The second kappa shape index (κ2) is 9.93. The molecule has 0 heterocycles. The number of methoxy groups -OCH3 is 1. The molecular formula is C18H28N2O4. The summed E-state index contributed by atoms with van der Waals surface area (Å²) in [6, 6.07) is 4.98. The van der Waals surface area contributed by atoms with E-state index in [4.69, 9.17) is 4.74 Å². The summed E-state index contributed by atoms with van der Waals surface area (Å²) < 4.78 is 5.02. The van der Waals surface area contributed by atoms with E-state index in [9.17, 15) is 15.0 Å². The van der Waals surface area contributed by atoms with Gasteiger partial charge in [0.2, 0.25) is 0 Å². The Morgan fingerprint density at radius 3 is 2.46 bits per heavy atom. The number of rotatable bonds is 10. The zero-order chi connectivity index (χ0) is 18.0. The van der Waals surface area contributed by atoms with E-state index in [1.165, 1.54) is 13.3 Å². The van der Waals surface area contributed by atoms with Crippen LogP contribution in [0.4, 0.5) is 0 Å². The van der Waals surface area contributed by atoms with Gasteiger partial charge >= 0.3 is 0 Å². The molecule has 1 aromatic carbocycles. The number of hydrogen-bond acceptors (Lipinski definition) is 5. The zero-order valence-corrected chi connectivity index (χ0v) is 14.7. The maximum absolute atomic E-state index is 12.3. The number of nitrogens with zero attached hydrogens (tertiary/aromatic N) is 1. The number of hydrogen-bond donors (Lipinski definition) is 3.